The zero-order valence-corrected chi connectivity index (χ0v) is 39.6. The summed E-state index contributed by atoms with van der Waals surface area (Å²) in [5, 5.41) is 102. The van der Waals surface area contributed by atoms with E-state index in [4.69, 9.17) is 46.6 Å². The highest BCUT2D eigenvalue weighted by Crippen LogP contribution is 2.67. The van der Waals surface area contributed by atoms with Gasteiger partial charge in [0.1, 0.15) is 79.4 Å². The fourth-order valence-electron chi connectivity index (χ4n) is 12.7. The lowest BCUT2D eigenvalue weighted by Crippen LogP contribution is -2.69. The second-order valence-corrected chi connectivity index (χ2v) is 20.9. The Morgan fingerprint density at radius 1 is 0.914 bits per heavy atom. The smallest absolute Gasteiger partial charge is 0.305 e. The van der Waals surface area contributed by atoms with Crippen LogP contribution in [-0.4, -0.2) is 199 Å². The third kappa shape index (κ3) is 10.3. The molecule has 2 aliphatic heterocycles. The quantitative estimate of drug-likeness (QED) is 0.0480. The van der Waals surface area contributed by atoms with Crippen LogP contribution in [0.1, 0.15) is 78.1 Å². The number of nitrogens with two attached hydrogens (primary N) is 4. The van der Waals surface area contributed by atoms with E-state index in [1.54, 1.807) is 12.2 Å². The molecule has 23 heteroatoms. The molecule has 3 unspecified atom stereocenters. The van der Waals surface area contributed by atoms with Crippen LogP contribution >= 0.6 is 0 Å². The summed E-state index contributed by atoms with van der Waals surface area (Å²) in [6.45, 7) is 3.03. The number of carbonyl (C=O) groups excluding carboxylic acids is 4. The van der Waals surface area contributed by atoms with Gasteiger partial charge >= 0.3 is 5.97 Å². The molecule has 1 amide bonds. The number of amides is 1. The number of hydrogen-bond donors (Lipinski definition) is 14. The zero-order valence-electron chi connectivity index (χ0n) is 39.6. The lowest BCUT2D eigenvalue weighted by molar-refractivity contribution is -0.332. The van der Waals surface area contributed by atoms with Crippen molar-refractivity contribution in [2.45, 2.75) is 188 Å². The van der Waals surface area contributed by atoms with Gasteiger partial charge in [0.25, 0.3) is 0 Å². The lowest BCUT2D eigenvalue weighted by Gasteiger charge is -2.59. The summed E-state index contributed by atoms with van der Waals surface area (Å²) < 4.78 is 28.8. The Hall–Kier alpha value is -2.92. The van der Waals surface area contributed by atoms with E-state index in [0.717, 1.165) is 12.0 Å². The molecule has 23 atom stereocenters. The van der Waals surface area contributed by atoms with Crippen LogP contribution < -0.4 is 28.3 Å². The first kappa shape index (κ1) is 54.8. The van der Waals surface area contributed by atoms with Crippen LogP contribution in [0.5, 0.6) is 0 Å². The van der Waals surface area contributed by atoms with Crippen LogP contribution in [0.4, 0.5) is 0 Å². The molecule has 395 valence electrons. The molecule has 7 rings (SSSR count). The minimum atomic E-state index is -1.83. The van der Waals surface area contributed by atoms with Crippen LogP contribution in [-0.2, 0) is 42.9 Å². The van der Waals surface area contributed by atoms with Crippen LogP contribution in [0.15, 0.2) is 23.8 Å². The Bertz CT molecular complexity index is 1960. The molecule has 0 bridgehead atoms. The third-order valence-corrected chi connectivity index (χ3v) is 16.7. The minimum Gasteiger partial charge on any atom is -0.463 e. The largest absolute Gasteiger partial charge is 0.463 e. The number of rotatable bonds is 17. The second kappa shape index (κ2) is 21.9. The number of Topliss-reactive ketones (excluding diaryl/α,β-unsaturated/α-hetero) is 1. The Morgan fingerprint density at radius 3 is 2.30 bits per heavy atom. The topological polar surface area (TPSA) is 413 Å². The van der Waals surface area contributed by atoms with Crippen molar-refractivity contribution < 1.29 is 88.8 Å². The van der Waals surface area contributed by atoms with Gasteiger partial charge in [-0.3, -0.25) is 19.2 Å². The molecule has 4 saturated carbocycles. The molecule has 1 radical (unpaired) electrons. The summed E-state index contributed by atoms with van der Waals surface area (Å²) in [6.07, 6.45) is -13.1. The number of unbranched alkanes of at least 4 members (excludes halogenated alkanes) is 1. The zero-order chi connectivity index (χ0) is 51.2. The maximum absolute atomic E-state index is 13.8. The molecule has 0 aromatic heterocycles. The van der Waals surface area contributed by atoms with Crippen molar-refractivity contribution in [1.29, 1.82) is 0 Å². The number of nitrogens with one attached hydrogen (secondary N) is 1. The van der Waals surface area contributed by atoms with Crippen LogP contribution in [0.25, 0.3) is 0 Å². The summed E-state index contributed by atoms with van der Waals surface area (Å²) in [5.41, 5.74) is 21.7. The van der Waals surface area contributed by atoms with Crippen molar-refractivity contribution in [3.63, 3.8) is 0 Å². The molecule has 0 aromatic carbocycles. The molecule has 2 heterocycles. The van der Waals surface area contributed by atoms with Gasteiger partial charge in [-0.2, -0.15) is 0 Å². The summed E-state index contributed by atoms with van der Waals surface area (Å²) >= 11 is 0. The fraction of sp³-hybridized carbons (Fsp3) is 0.809. The predicted molar refractivity (Wildman–Crippen MR) is 241 cm³/mol. The normalized spacial score (nSPS) is 46.2. The molecule has 2 saturated heterocycles. The van der Waals surface area contributed by atoms with Crippen LogP contribution in [0, 0.1) is 35.0 Å². The summed E-state index contributed by atoms with van der Waals surface area (Å²) in [6, 6.07) is -3.81. The molecule has 5 aliphatic carbocycles. The number of allylic oxidation sites excluding steroid dienone is 4. The van der Waals surface area contributed by atoms with Crippen molar-refractivity contribution in [2.24, 2.45) is 51.5 Å². The number of fused-ring (bicyclic) bond motifs is 5. The van der Waals surface area contributed by atoms with Gasteiger partial charge in [-0.1, -0.05) is 25.5 Å². The van der Waals surface area contributed by atoms with Gasteiger partial charge in [-0.25, -0.2) is 0 Å². The first-order chi connectivity index (χ1) is 33.0. The highest BCUT2D eigenvalue weighted by molar-refractivity contribution is 6.01. The molecule has 7 aliphatic rings. The Kier molecular flexibility index (Phi) is 17.1. The third-order valence-electron chi connectivity index (χ3n) is 16.7. The second-order valence-electron chi connectivity index (χ2n) is 20.9. The number of carbonyl (C=O) groups is 4. The number of esters is 1. The van der Waals surface area contributed by atoms with Gasteiger partial charge < -0.3 is 97.9 Å². The Labute approximate surface area is 405 Å². The molecule has 0 spiro atoms. The first-order valence-corrected chi connectivity index (χ1v) is 24.5. The number of hydrogen-bond acceptors (Lipinski definition) is 22. The van der Waals surface area contributed by atoms with Gasteiger partial charge in [-0.05, 0) is 88.3 Å². The maximum Gasteiger partial charge on any atom is 0.305 e. The minimum absolute atomic E-state index is 0.0316. The van der Waals surface area contributed by atoms with Crippen molar-refractivity contribution >= 4 is 23.4 Å². The van der Waals surface area contributed by atoms with E-state index in [1.807, 2.05) is 13.0 Å². The molecule has 23 nitrogen and oxygen atoms in total. The SMILES string of the molecule is C[C@]12C=CC(=O)C=C1CCC1C2[C@@H](O)C[C@@]2(C)C1CC[C@]2(O)C(=O)[CH]CCCC(=O)OC[C@H]1O[C@H](O[C@@H]2[C@@H](O)[C@H](O[C@H]3O[C@H](CN)[C@@H](O)[C@H](O)[C@H]3O)[C@@H](N)C[C@H]2NC(=O)[C@@H](O)CCN)[C@H](O)[C@@H](N)[C@@H]1O. The van der Waals surface area contributed by atoms with Crippen molar-refractivity contribution in [3.05, 3.63) is 30.2 Å². The monoisotopic (exact) mass is 997 g/mol. The Balaban J connectivity index is 0.941. The predicted octanol–water partition coefficient (Wildman–Crippen LogP) is -4.92. The molecule has 70 heavy (non-hydrogen) atoms. The van der Waals surface area contributed by atoms with Crippen molar-refractivity contribution in [2.75, 3.05) is 19.7 Å². The molecular formula is C47H74N5O18. The van der Waals surface area contributed by atoms with Gasteiger partial charge in [-0.15, -0.1) is 0 Å². The van der Waals surface area contributed by atoms with E-state index in [1.165, 1.54) is 6.42 Å². The van der Waals surface area contributed by atoms with E-state index < -0.39 is 145 Å². The van der Waals surface area contributed by atoms with Gasteiger partial charge in [0.15, 0.2) is 24.1 Å². The first-order valence-electron chi connectivity index (χ1n) is 24.5. The van der Waals surface area contributed by atoms with Gasteiger partial charge in [0.05, 0.1) is 18.2 Å². The molecule has 0 aromatic rings. The highest BCUT2D eigenvalue weighted by Gasteiger charge is 2.68. The highest BCUT2D eigenvalue weighted by atomic mass is 16.7. The van der Waals surface area contributed by atoms with Crippen molar-refractivity contribution in [3.8, 4) is 0 Å². The van der Waals surface area contributed by atoms with E-state index in [0.29, 0.717) is 12.8 Å². The van der Waals surface area contributed by atoms with Crippen LogP contribution in [0.2, 0.25) is 0 Å². The summed E-state index contributed by atoms with van der Waals surface area (Å²) in [4.78, 5) is 52.0. The molecular weight excluding hydrogens is 923 g/mol. The van der Waals surface area contributed by atoms with E-state index in [2.05, 4.69) is 12.2 Å². The molecule has 6 fully saturated rings. The summed E-state index contributed by atoms with van der Waals surface area (Å²) in [5.74, 6) is -2.34. The van der Waals surface area contributed by atoms with Gasteiger partial charge in [0.2, 0.25) is 5.91 Å². The maximum atomic E-state index is 13.8. The van der Waals surface area contributed by atoms with E-state index in [-0.39, 0.29) is 81.6 Å². The Morgan fingerprint density at radius 2 is 1.60 bits per heavy atom. The van der Waals surface area contributed by atoms with Crippen LogP contribution in [0.3, 0.4) is 0 Å². The number of ether oxygens (including phenoxy) is 5. The average Bonchev–Trinajstić information content (AvgIpc) is 3.59. The van der Waals surface area contributed by atoms with Crippen molar-refractivity contribution in [1.82, 2.24) is 5.32 Å². The fourth-order valence-corrected chi connectivity index (χ4v) is 12.7. The molecule has 18 N–H and O–H groups in total. The van der Waals surface area contributed by atoms with Gasteiger partial charge in [0, 0.05) is 42.2 Å². The summed E-state index contributed by atoms with van der Waals surface area (Å²) in [7, 11) is 0. The number of ketones is 2. The number of aliphatic hydroxyl groups is 9. The standard InChI is InChI=1S/C47H74N5O18/c1-45-12-9-21(53)15-20(45)7-8-22-23-10-13-47(65,46(23,2)17-27(55)32(22)45)30(56)5-3-4-6-31(57)66-19-29-34(58)33(51)36(60)43(68-29)70-41-25(52-42(64)26(54)11-14-48)16-24(50)40(39(41)63)69-44-38(62)37(61)35(59)28(18-49)67-44/h5,9,12,15,22-29,32-41,43-44,54-55,58-63,65H,3-4,6-8,10-11,13-14,16-19,48-51H2,1-2H3,(H,52,64)/t22?,23?,24-,25+,26-,27-,28+,29+,32?,33-,34+,35+,36+,37-,38+,39-,40+,41-,43+,44+,45-,46-,47-/m0/s1. The lowest BCUT2D eigenvalue weighted by atomic mass is 9.46. The average molecular weight is 997 g/mol. The number of aliphatic hydroxyl groups excluding tert-OH is 8. The van der Waals surface area contributed by atoms with E-state index in [9.17, 15) is 65.1 Å². The van der Waals surface area contributed by atoms with E-state index >= 15 is 0 Å².